The third-order valence-electron chi connectivity index (χ3n) is 5.76. The van der Waals surface area contributed by atoms with Crippen LogP contribution in [0.1, 0.15) is 23.0 Å². The van der Waals surface area contributed by atoms with Crippen LogP contribution in [0.5, 0.6) is 0 Å². The molecule has 2 aromatic carbocycles. The molecular formula is C23H22F4N4O. The number of alkyl halides is 3. The van der Waals surface area contributed by atoms with Crippen molar-refractivity contribution in [1.29, 1.82) is 0 Å². The number of nitrogens with zero attached hydrogens (tertiary/aromatic N) is 2. The van der Waals surface area contributed by atoms with Gasteiger partial charge in [0, 0.05) is 31.1 Å². The number of carbonyl (C=O) groups excluding carboxylic acids is 1. The predicted octanol–water partition coefficient (Wildman–Crippen LogP) is 3.86. The molecule has 2 atom stereocenters. The molecule has 0 spiro atoms. The number of benzene rings is 2. The number of hydrogen-bond acceptors (Lipinski definition) is 4. The van der Waals surface area contributed by atoms with Crippen LogP contribution in [0.4, 0.5) is 17.6 Å². The smallest absolute Gasteiger partial charge is 0.364 e. The monoisotopic (exact) mass is 446 g/mol. The average molecular weight is 446 g/mol. The van der Waals surface area contributed by atoms with Gasteiger partial charge in [-0.15, -0.1) is 0 Å². The third-order valence-corrected chi connectivity index (χ3v) is 5.76. The van der Waals surface area contributed by atoms with E-state index >= 15 is 0 Å². The first kappa shape index (κ1) is 22.2. The quantitative estimate of drug-likeness (QED) is 0.597. The summed E-state index contributed by atoms with van der Waals surface area (Å²) < 4.78 is 52.9. The summed E-state index contributed by atoms with van der Waals surface area (Å²) in [5, 5.41) is 3.28. The number of carbonyl (C=O) groups is 1. The lowest BCUT2D eigenvalue weighted by atomic mass is 9.98. The molecule has 3 N–H and O–H groups in total. The van der Waals surface area contributed by atoms with Gasteiger partial charge in [0.2, 0.25) is 0 Å². The molecule has 5 nitrogen and oxygen atoms in total. The van der Waals surface area contributed by atoms with E-state index in [1.165, 1.54) is 12.1 Å². The lowest BCUT2D eigenvalue weighted by molar-refractivity contribution is -0.168. The van der Waals surface area contributed by atoms with Crippen LogP contribution in [0.25, 0.3) is 22.0 Å². The number of nitrogens with two attached hydrogens (primary N) is 1. The van der Waals surface area contributed by atoms with Gasteiger partial charge in [-0.3, -0.25) is 9.69 Å². The normalized spacial score (nSPS) is 19.9. The van der Waals surface area contributed by atoms with Crippen LogP contribution in [0.3, 0.4) is 0 Å². The van der Waals surface area contributed by atoms with E-state index in [-0.39, 0.29) is 30.6 Å². The molecule has 0 unspecified atom stereocenters. The summed E-state index contributed by atoms with van der Waals surface area (Å²) in [5.74, 6) is -1.09. The molecular weight excluding hydrogens is 424 g/mol. The van der Waals surface area contributed by atoms with Crippen LogP contribution in [0.2, 0.25) is 0 Å². The van der Waals surface area contributed by atoms with E-state index in [1.807, 2.05) is 19.1 Å². The molecule has 168 valence electrons. The highest BCUT2D eigenvalue weighted by molar-refractivity contribution is 6.00. The number of piperazine rings is 1. The molecule has 2 heterocycles. The minimum absolute atomic E-state index is 0.0571. The fourth-order valence-electron chi connectivity index (χ4n) is 3.96. The summed E-state index contributed by atoms with van der Waals surface area (Å²) in [6.45, 7) is 2.26. The highest BCUT2D eigenvalue weighted by Crippen LogP contribution is 2.30. The lowest BCUT2D eigenvalue weighted by Gasteiger charge is -2.39. The van der Waals surface area contributed by atoms with Gasteiger partial charge in [0.15, 0.2) is 0 Å². The second-order valence-corrected chi connectivity index (χ2v) is 8.06. The van der Waals surface area contributed by atoms with E-state index in [1.54, 1.807) is 29.2 Å². The number of amides is 1. The highest BCUT2D eigenvalue weighted by atomic mass is 19.4. The van der Waals surface area contributed by atoms with Gasteiger partial charge in [0.05, 0.1) is 5.52 Å². The Kier molecular flexibility index (Phi) is 5.87. The fraction of sp³-hybridized carbons (Fsp3) is 0.304. The van der Waals surface area contributed by atoms with Crippen LogP contribution in [-0.4, -0.2) is 47.1 Å². The SMILES string of the molecule is C[C@H]1CN[C@H](C(F)(F)F)CN1Cc1ccc2c(-c3ccc(F)cc3)cc(C(N)=O)nc2c1. The first-order valence-electron chi connectivity index (χ1n) is 10.2. The van der Waals surface area contributed by atoms with Gasteiger partial charge >= 0.3 is 6.18 Å². The van der Waals surface area contributed by atoms with Gasteiger partial charge in [-0.05, 0) is 47.9 Å². The molecule has 9 heteroatoms. The molecule has 1 aliphatic heterocycles. The largest absolute Gasteiger partial charge is 0.405 e. The van der Waals surface area contributed by atoms with Crippen molar-refractivity contribution in [2.75, 3.05) is 13.1 Å². The van der Waals surface area contributed by atoms with Crippen LogP contribution in [-0.2, 0) is 6.54 Å². The molecule has 4 rings (SSSR count). The van der Waals surface area contributed by atoms with Crippen LogP contribution in [0.15, 0.2) is 48.5 Å². The number of fused-ring (bicyclic) bond motifs is 1. The van der Waals surface area contributed by atoms with Crippen LogP contribution >= 0.6 is 0 Å². The van der Waals surface area contributed by atoms with Crippen molar-refractivity contribution in [2.45, 2.75) is 31.7 Å². The van der Waals surface area contributed by atoms with Crippen molar-refractivity contribution < 1.29 is 22.4 Å². The zero-order valence-electron chi connectivity index (χ0n) is 17.3. The molecule has 0 aliphatic carbocycles. The van der Waals surface area contributed by atoms with E-state index in [9.17, 15) is 22.4 Å². The Balaban J connectivity index is 1.70. The van der Waals surface area contributed by atoms with Crippen LogP contribution in [0, 0.1) is 5.82 Å². The van der Waals surface area contributed by atoms with Gasteiger partial charge in [-0.2, -0.15) is 13.2 Å². The van der Waals surface area contributed by atoms with Crippen LogP contribution < -0.4 is 11.1 Å². The third kappa shape index (κ3) is 4.58. The Morgan fingerprint density at radius 2 is 1.91 bits per heavy atom. The van der Waals surface area contributed by atoms with Crippen molar-refractivity contribution in [2.24, 2.45) is 5.73 Å². The summed E-state index contributed by atoms with van der Waals surface area (Å²) >= 11 is 0. The van der Waals surface area contributed by atoms with Gasteiger partial charge in [0.25, 0.3) is 5.91 Å². The topological polar surface area (TPSA) is 71.2 Å². The molecule has 3 aromatic rings. The zero-order valence-corrected chi connectivity index (χ0v) is 17.3. The van der Waals surface area contributed by atoms with Crippen molar-refractivity contribution >= 4 is 16.8 Å². The van der Waals surface area contributed by atoms with E-state index < -0.39 is 18.1 Å². The number of rotatable bonds is 4. The number of hydrogen-bond donors (Lipinski definition) is 2. The Morgan fingerprint density at radius 3 is 2.56 bits per heavy atom. The van der Waals surface area contributed by atoms with Gasteiger partial charge in [-0.1, -0.05) is 24.3 Å². The standard InChI is InChI=1S/C23H22F4N4O/c1-13-10-29-21(23(25,26)27)12-31(13)11-14-2-7-17-18(15-3-5-16(24)6-4-15)9-20(22(28)32)30-19(17)8-14/h2-9,13,21,29H,10-12H2,1H3,(H2,28,32)/t13-,21-/m0/s1. The Labute approximate surface area is 182 Å². The molecule has 32 heavy (non-hydrogen) atoms. The molecule has 0 bridgehead atoms. The molecule has 1 aliphatic rings. The molecule has 0 saturated carbocycles. The maximum absolute atomic E-state index is 13.4. The molecule has 1 fully saturated rings. The summed E-state index contributed by atoms with van der Waals surface area (Å²) in [5.41, 5.74) is 8.14. The van der Waals surface area contributed by atoms with Crippen molar-refractivity contribution in [1.82, 2.24) is 15.2 Å². The molecule has 1 saturated heterocycles. The second kappa shape index (κ2) is 8.48. The lowest BCUT2D eigenvalue weighted by Crippen LogP contribution is -2.60. The summed E-state index contributed by atoms with van der Waals surface area (Å²) in [4.78, 5) is 18.0. The zero-order chi connectivity index (χ0) is 23.0. The first-order valence-corrected chi connectivity index (χ1v) is 10.2. The summed E-state index contributed by atoms with van der Waals surface area (Å²) in [7, 11) is 0. The minimum Gasteiger partial charge on any atom is -0.364 e. The molecule has 1 amide bonds. The summed E-state index contributed by atoms with van der Waals surface area (Å²) in [6.07, 6.45) is -4.32. The average Bonchev–Trinajstić information content (AvgIpc) is 2.74. The van der Waals surface area contributed by atoms with E-state index in [4.69, 9.17) is 5.73 Å². The Morgan fingerprint density at radius 1 is 1.19 bits per heavy atom. The Bertz CT molecular complexity index is 1150. The van der Waals surface area contributed by atoms with Gasteiger partial charge in [-0.25, -0.2) is 9.37 Å². The van der Waals surface area contributed by atoms with Gasteiger partial charge < -0.3 is 11.1 Å². The highest BCUT2D eigenvalue weighted by Gasteiger charge is 2.43. The molecule has 1 aromatic heterocycles. The number of aromatic nitrogens is 1. The van der Waals surface area contributed by atoms with E-state index in [0.717, 1.165) is 10.9 Å². The van der Waals surface area contributed by atoms with E-state index in [0.29, 0.717) is 23.2 Å². The Hall–Kier alpha value is -3.04. The number of pyridine rings is 1. The summed E-state index contributed by atoms with van der Waals surface area (Å²) in [6, 6.07) is 11.1. The van der Waals surface area contributed by atoms with Crippen molar-refractivity contribution in [3.8, 4) is 11.1 Å². The molecule has 0 radical (unpaired) electrons. The maximum atomic E-state index is 13.4. The second-order valence-electron chi connectivity index (χ2n) is 8.06. The number of nitrogens with one attached hydrogen (secondary N) is 1. The van der Waals surface area contributed by atoms with Crippen molar-refractivity contribution in [3.05, 3.63) is 65.6 Å². The number of primary amides is 1. The first-order chi connectivity index (χ1) is 15.1. The van der Waals surface area contributed by atoms with Crippen molar-refractivity contribution in [3.63, 3.8) is 0 Å². The fourth-order valence-corrected chi connectivity index (χ4v) is 3.96. The van der Waals surface area contributed by atoms with Gasteiger partial charge in [0.1, 0.15) is 17.6 Å². The predicted molar refractivity (Wildman–Crippen MR) is 113 cm³/mol. The maximum Gasteiger partial charge on any atom is 0.405 e. The minimum atomic E-state index is -4.32. The number of halogens is 4. The van der Waals surface area contributed by atoms with E-state index in [2.05, 4.69) is 10.3 Å².